The van der Waals surface area contributed by atoms with Gasteiger partial charge in [0.05, 0.1) is 18.2 Å². The van der Waals surface area contributed by atoms with Gasteiger partial charge in [0, 0.05) is 6.54 Å². The zero-order valence-electron chi connectivity index (χ0n) is 16.8. The summed E-state index contributed by atoms with van der Waals surface area (Å²) in [6.07, 6.45) is 0. The second kappa shape index (κ2) is 8.87. The summed E-state index contributed by atoms with van der Waals surface area (Å²) in [7, 11) is 1.58. The highest BCUT2D eigenvalue weighted by Gasteiger charge is 2.27. The van der Waals surface area contributed by atoms with Crippen LogP contribution in [0.1, 0.15) is 31.8 Å². The van der Waals surface area contributed by atoms with E-state index in [1.165, 1.54) is 23.1 Å². The third-order valence-corrected chi connectivity index (χ3v) is 4.92. The normalized spacial score (nSPS) is 12.7. The average Bonchev–Trinajstić information content (AvgIpc) is 2.81. The molecule has 0 N–H and O–H groups in total. The molecule has 0 saturated carbocycles. The van der Waals surface area contributed by atoms with E-state index in [0.29, 0.717) is 11.5 Å². The van der Waals surface area contributed by atoms with Crippen LogP contribution in [0.3, 0.4) is 0 Å². The summed E-state index contributed by atoms with van der Waals surface area (Å²) in [6, 6.07) is 17.7. The Morgan fingerprint density at radius 1 is 1.03 bits per heavy atom. The van der Waals surface area contributed by atoms with Gasteiger partial charge in [0.25, 0.3) is 5.91 Å². The number of ether oxygens (including phenoxy) is 3. The molecule has 0 saturated heterocycles. The van der Waals surface area contributed by atoms with E-state index in [1.807, 2.05) is 12.1 Å². The largest absolute Gasteiger partial charge is 0.497 e. The molecule has 1 aliphatic rings. The van der Waals surface area contributed by atoms with Crippen molar-refractivity contribution in [2.45, 2.75) is 13.2 Å². The number of amides is 1. The lowest BCUT2D eigenvalue weighted by atomic mass is 10.1. The molecule has 0 radical (unpaired) electrons. The zero-order valence-corrected chi connectivity index (χ0v) is 16.8. The number of halogens is 1. The topological polar surface area (TPSA) is 65.1 Å². The molecule has 0 spiro atoms. The summed E-state index contributed by atoms with van der Waals surface area (Å²) in [5, 5.41) is 0. The SMILES string of the molecule is COc1ccc(COC(=O)c2ccc3c(c2)C(=O)N(Cc2ccc(F)cc2)CO3)cc1. The van der Waals surface area contributed by atoms with E-state index in [0.717, 1.165) is 11.1 Å². The molecule has 1 heterocycles. The summed E-state index contributed by atoms with van der Waals surface area (Å²) >= 11 is 0. The number of nitrogens with zero attached hydrogens (tertiary/aromatic N) is 1. The predicted octanol–water partition coefficient (Wildman–Crippen LogP) is 4.18. The summed E-state index contributed by atoms with van der Waals surface area (Å²) < 4.78 is 29.2. The van der Waals surface area contributed by atoms with Gasteiger partial charge in [-0.3, -0.25) is 4.79 Å². The number of hydrogen-bond acceptors (Lipinski definition) is 5. The zero-order chi connectivity index (χ0) is 21.8. The molecule has 3 aromatic rings. The molecule has 7 heteroatoms. The van der Waals surface area contributed by atoms with Crippen LogP contribution in [-0.4, -0.2) is 30.6 Å². The van der Waals surface area contributed by atoms with Gasteiger partial charge in [-0.1, -0.05) is 24.3 Å². The van der Waals surface area contributed by atoms with E-state index in [4.69, 9.17) is 14.2 Å². The van der Waals surface area contributed by atoms with Crippen molar-refractivity contribution in [2.75, 3.05) is 13.8 Å². The van der Waals surface area contributed by atoms with Crippen molar-refractivity contribution in [3.05, 3.63) is 94.8 Å². The van der Waals surface area contributed by atoms with Crippen LogP contribution in [0.5, 0.6) is 11.5 Å². The van der Waals surface area contributed by atoms with Gasteiger partial charge in [-0.15, -0.1) is 0 Å². The molecular formula is C24H20FNO5. The van der Waals surface area contributed by atoms with Crippen LogP contribution >= 0.6 is 0 Å². The molecule has 4 rings (SSSR count). The summed E-state index contributed by atoms with van der Waals surface area (Å²) in [5.41, 5.74) is 2.13. The van der Waals surface area contributed by atoms with Crippen LogP contribution in [0.15, 0.2) is 66.7 Å². The Morgan fingerprint density at radius 3 is 2.45 bits per heavy atom. The van der Waals surface area contributed by atoms with E-state index in [1.54, 1.807) is 43.5 Å². The number of benzene rings is 3. The maximum Gasteiger partial charge on any atom is 0.338 e. The van der Waals surface area contributed by atoms with Crippen molar-refractivity contribution in [3.63, 3.8) is 0 Å². The minimum absolute atomic E-state index is 0.0739. The van der Waals surface area contributed by atoms with E-state index >= 15 is 0 Å². The van der Waals surface area contributed by atoms with E-state index in [2.05, 4.69) is 0 Å². The molecule has 0 aliphatic carbocycles. The van der Waals surface area contributed by atoms with Crippen molar-refractivity contribution in [1.82, 2.24) is 4.90 Å². The first kappa shape index (κ1) is 20.4. The highest BCUT2D eigenvalue weighted by molar-refractivity contribution is 6.00. The number of carbonyl (C=O) groups is 2. The molecule has 6 nitrogen and oxygen atoms in total. The lowest BCUT2D eigenvalue weighted by Gasteiger charge is -2.29. The molecule has 1 amide bonds. The first-order valence-electron chi connectivity index (χ1n) is 9.64. The molecule has 0 atom stereocenters. The molecule has 0 aromatic heterocycles. The lowest BCUT2D eigenvalue weighted by Crippen LogP contribution is -2.38. The molecular weight excluding hydrogens is 401 g/mol. The summed E-state index contributed by atoms with van der Waals surface area (Å²) in [4.78, 5) is 26.9. The number of esters is 1. The second-order valence-electron chi connectivity index (χ2n) is 7.04. The lowest BCUT2D eigenvalue weighted by molar-refractivity contribution is 0.0470. The fourth-order valence-corrected chi connectivity index (χ4v) is 3.21. The van der Waals surface area contributed by atoms with Crippen molar-refractivity contribution in [1.29, 1.82) is 0 Å². The van der Waals surface area contributed by atoms with Gasteiger partial charge in [-0.25, -0.2) is 9.18 Å². The molecule has 0 fully saturated rings. The minimum atomic E-state index is -0.540. The molecule has 31 heavy (non-hydrogen) atoms. The van der Waals surface area contributed by atoms with Gasteiger partial charge in [0.2, 0.25) is 0 Å². The fourth-order valence-electron chi connectivity index (χ4n) is 3.21. The quantitative estimate of drug-likeness (QED) is 0.559. The second-order valence-corrected chi connectivity index (χ2v) is 7.04. The standard InChI is InChI=1S/C24H20FNO5/c1-29-20-9-4-17(5-10-20)14-30-24(28)18-6-11-22-21(12-18)23(27)26(15-31-22)13-16-2-7-19(25)8-3-16/h2-12H,13-15H2,1H3. The first-order chi connectivity index (χ1) is 15.0. The van der Waals surface area contributed by atoms with Gasteiger partial charge in [0.1, 0.15) is 23.9 Å². The van der Waals surface area contributed by atoms with E-state index in [9.17, 15) is 14.0 Å². The highest BCUT2D eigenvalue weighted by atomic mass is 19.1. The van der Waals surface area contributed by atoms with Gasteiger partial charge in [-0.2, -0.15) is 0 Å². The van der Waals surface area contributed by atoms with Crippen molar-refractivity contribution in [3.8, 4) is 11.5 Å². The van der Waals surface area contributed by atoms with E-state index in [-0.39, 0.29) is 42.7 Å². The average molecular weight is 421 g/mol. The number of methoxy groups -OCH3 is 1. The smallest absolute Gasteiger partial charge is 0.338 e. The number of carbonyl (C=O) groups excluding carboxylic acids is 2. The Balaban J connectivity index is 1.44. The Bertz CT molecular complexity index is 1100. The van der Waals surface area contributed by atoms with Crippen LogP contribution in [0.4, 0.5) is 4.39 Å². The third kappa shape index (κ3) is 4.66. The number of fused-ring (bicyclic) bond motifs is 1. The van der Waals surface area contributed by atoms with Gasteiger partial charge in [-0.05, 0) is 53.6 Å². The van der Waals surface area contributed by atoms with Crippen LogP contribution in [-0.2, 0) is 17.9 Å². The molecule has 0 unspecified atom stereocenters. The van der Waals surface area contributed by atoms with Gasteiger partial charge >= 0.3 is 5.97 Å². The van der Waals surface area contributed by atoms with Crippen LogP contribution in [0.25, 0.3) is 0 Å². The number of rotatable bonds is 6. The predicted molar refractivity (Wildman–Crippen MR) is 110 cm³/mol. The monoisotopic (exact) mass is 421 g/mol. The van der Waals surface area contributed by atoms with Crippen LogP contribution in [0.2, 0.25) is 0 Å². The Kier molecular flexibility index (Phi) is 5.84. The maximum absolute atomic E-state index is 13.1. The molecule has 158 valence electrons. The van der Waals surface area contributed by atoms with Gasteiger partial charge < -0.3 is 19.1 Å². The van der Waals surface area contributed by atoms with Crippen molar-refractivity contribution < 1.29 is 28.2 Å². The summed E-state index contributed by atoms with van der Waals surface area (Å²) in [6.45, 7) is 0.441. The Hall–Kier alpha value is -3.87. The Morgan fingerprint density at radius 2 is 1.74 bits per heavy atom. The van der Waals surface area contributed by atoms with E-state index < -0.39 is 5.97 Å². The minimum Gasteiger partial charge on any atom is -0.497 e. The van der Waals surface area contributed by atoms with Gasteiger partial charge in [0.15, 0.2) is 6.73 Å². The molecule has 3 aromatic carbocycles. The van der Waals surface area contributed by atoms with Crippen molar-refractivity contribution >= 4 is 11.9 Å². The number of hydrogen-bond donors (Lipinski definition) is 0. The Labute approximate surface area is 178 Å². The van der Waals surface area contributed by atoms with Crippen LogP contribution in [0, 0.1) is 5.82 Å². The third-order valence-electron chi connectivity index (χ3n) is 4.92. The highest BCUT2D eigenvalue weighted by Crippen LogP contribution is 2.27. The van der Waals surface area contributed by atoms with Crippen LogP contribution < -0.4 is 9.47 Å². The first-order valence-corrected chi connectivity index (χ1v) is 9.64. The molecule has 1 aliphatic heterocycles. The summed E-state index contributed by atoms with van der Waals surface area (Å²) in [5.74, 6) is -0.0221. The molecule has 0 bridgehead atoms. The fraction of sp³-hybridized carbons (Fsp3) is 0.167. The van der Waals surface area contributed by atoms with Crippen molar-refractivity contribution in [2.24, 2.45) is 0 Å². The maximum atomic E-state index is 13.1.